The van der Waals surface area contributed by atoms with E-state index in [1.807, 2.05) is 0 Å². The van der Waals surface area contributed by atoms with Gasteiger partial charge >= 0.3 is 0 Å². The topological polar surface area (TPSA) is 26.0 Å². The van der Waals surface area contributed by atoms with Gasteiger partial charge in [0, 0.05) is 0 Å². The van der Waals surface area contributed by atoms with Gasteiger partial charge in [0.2, 0.25) is 0 Å². The first-order valence-electron chi connectivity index (χ1n) is 4.36. The number of nitrogens with two attached hydrogens (primary N) is 1. The van der Waals surface area contributed by atoms with Gasteiger partial charge in [-0.25, -0.2) is 0 Å². The molecule has 0 saturated heterocycles. The van der Waals surface area contributed by atoms with Crippen molar-refractivity contribution < 1.29 is 0 Å². The summed E-state index contributed by atoms with van der Waals surface area (Å²) < 4.78 is 0. The summed E-state index contributed by atoms with van der Waals surface area (Å²) in [6, 6.07) is 0. The molecule has 0 atom stereocenters. The second-order valence-corrected chi connectivity index (χ2v) is 3.21. The Kier molecular flexibility index (Phi) is 3.37. The van der Waals surface area contributed by atoms with Crippen molar-refractivity contribution in [2.75, 3.05) is 6.54 Å². The average molecular weight is 151 g/mol. The zero-order valence-electron chi connectivity index (χ0n) is 7.27. The van der Waals surface area contributed by atoms with Gasteiger partial charge in [0.15, 0.2) is 0 Å². The van der Waals surface area contributed by atoms with Crippen molar-refractivity contribution in [3.8, 4) is 0 Å². The lowest BCUT2D eigenvalue weighted by Gasteiger charge is -2.10. The molecule has 0 aromatic carbocycles. The number of rotatable bonds is 3. The molecule has 0 fully saturated rings. The van der Waals surface area contributed by atoms with Crippen molar-refractivity contribution in [1.29, 1.82) is 0 Å². The fraction of sp³-hybridized carbons (Fsp3) is 0.600. The molecule has 11 heavy (non-hydrogen) atoms. The largest absolute Gasteiger partial charge is 0.330 e. The molecule has 0 aromatic heterocycles. The van der Waals surface area contributed by atoms with E-state index in [0.717, 1.165) is 25.8 Å². The molecule has 0 bridgehead atoms. The van der Waals surface area contributed by atoms with E-state index in [0.29, 0.717) is 0 Å². The molecule has 1 heteroatoms. The van der Waals surface area contributed by atoms with E-state index in [-0.39, 0.29) is 0 Å². The molecule has 62 valence electrons. The van der Waals surface area contributed by atoms with Crippen LogP contribution >= 0.6 is 0 Å². The third-order valence-corrected chi connectivity index (χ3v) is 2.13. The summed E-state index contributed by atoms with van der Waals surface area (Å²) in [6.07, 6.45) is 9.32. The van der Waals surface area contributed by atoms with Crippen molar-refractivity contribution in [2.24, 2.45) is 5.73 Å². The molecule has 0 radical (unpaired) electrons. The quantitative estimate of drug-likeness (QED) is 0.616. The van der Waals surface area contributed by atoms with Gasteiger partial charge in [-0.1, -0.05) is 23.3 Å². The Morgan fingerprint density at radius 1 is 1.36 bits per heavy atom. The van der Waals surface area contributed by atoms with Gasteiger partial charge in [-0.2, -0.15) is 0 Å². The van der Waals surface area contributed by atoms with Gasteiger partial charge in [-0.05, 0) is 39.2 Å². The smallest absolute Gasteiger partial charge is 0.00742 e. The van der Waals surface area contributed by atoms with Crippen molar-refractivity contribution in [3.05, 3.63) is 23.3 Å². The van der Waals surface area contributed by atoms with Crippen LogP contribution in [0.1, 0.15) is 32.6 Å². The molecule has 1 aliphatic carbocycles. The van der Waals surface area contributed by atoms with Gasteiger partial charge < -0.3 is 5.73 Å². The highest BCUT2D eigenvalue weighted by Crippen LogP contribution is 2.19. The molecule has 0 saturated carbocycles. The number of allylic oxidation sites excluding steroid dienone is 4. The maximum absolute atomic E-state index is 5.43. The predicted molar refractivity (Wildman–Crippen MR) is 49.4 cm³/mol. The minimum absolute atomic E-state index is 0.819. The maximum atomic E-state index is 5.43. The average Bonchev–Trinajstić information content (AvgIpc) is 2.04. The molecule has 2 N–H and O–H groups in total. The molecule has 0 aliphatic heterocycles. The lowest BCUT2D eigenvalue weighted by atomic mass is 9.97. The van der Waals surface area contributed by atoms with E-state index in [2.05, 4.69) is 19.1 Å². The van der Waals surface area contributed by atoms with Crippen LogP contribution in [0.5, 0.6) is 0 Å². The molecule has 1 nitrogen and oxygen atoms in total. The van der Waals surface area contributed by atoms with Crippen molar-refractivity contribution >= 4 is 0 Å². The van der Waals surface area contributed by atoms with Crippen molar-refractivity contribution in [3.63, 3.8) is 0 Å². The van der Waals surface area contributed by atoms with Crippen molar-refractivity contribution in [2.45, 2.75) is 32.6 Å². The van der Waals surface area contributed by atoms with Crippen LogP contribution in [0.25, 0.3) is 0 Å². The van der Waals surface area contributed by atoms with Gasteiger partial charge in [0.25, 0.3) is 0 Å². The summed E-state index contributed by atoms with van der Waals surface area (Å²) in [4.78, 5) is 0. The van der Waals surface area contributed by atoms with Crippen LogP contribution in [0.4, 0.5) is 0 Å². The molecule has 0 heterocycles. The Hall–Kier alpha value is -0.560. The second-order valence-electron chi connectivity index (χ2n) is 3.21. The monoisotopic (exact) mass is 151 g/mol. The Bertz CT molecular complexity index is 177. The second kappa shape index (κ2) is 4.35. The molecular weight excluding hydrogens is 134 g/mol. The molecular formula is C10H17N. The third-order valence-electron chi connectivity index (χ3n) is 2.13. The van der Waals surface area contributed by atoms with Crippen LogP contribution in [0, 0.1) is 0 Å². The Morgan fingerprint density at radius 3 is 2.73 bits per heavy atom. The fourth-order valence-electron chi connectivity index (χ4n) is 1.31. The summed E-state index contributed by atoms with van der Waals surface area (Å²) in [7, 11) is 0. The van der Waals surface area contributed by atoms with E-state index in [1.54, 1.807) is 5.57 Å². The van der Waals surface area contributed by atoms with Crippen LogP contribution < -0.4 is 5.73 Å². The highest BCUT2D eigenvalue weighted by molar-refractivity contribution is 5.19. The molecule has 1 rings (SSSR count). The SMILES string of the molecule is CC1=CCC(CCCN)=CC1. The first kappa shape index (κ1) is 8.54. The Morgan fingerprint density at radius 2 is 2.18 bits per heavy atom. The minimum Gasteiger partial charge on any atom is -0.330 e. The molecule has 1 aliphatic rings. The lowest BCUT2D eigenvalue weighted by molar-refractivity contribution is 0.797. The van der Waals surface area contributed by atoms with Gasteiger partial charge in [-0.3, -0.25) is 0 Å². The van der Waals surface area contributed by atoms with Gasteiger partial charge in [-0.15, -0.1) is 0 Å². The first-order chi connectivity index (χ1) is 5.33. The third kappa shape index (κ3) is 2.89. The van der Waals surface area contributed by atoms with E-state index >= 15 is 0 Å². The Balaban J connectivity index is 2.27. The van der Waals surface area contributed by atoms with Crippen LogP contribution in [-0.4, -0.2) is 6.54 Å². The Labute approximate surface area is 69.0 Å². The minimum atomic E-state index is 0.819. The number of hydrogen-bond donors (Lipinski definition) is 1. The summed E-state index contributed by atoms with van der Waals surface area (Å²) in [5.74, 6) is 0. The van der Waals surface area contributed by atoms with E-state index in [4.69, 9.17) is 5.73 Å². The highest BCUT2D eigenvalue weighted by Gasteiger charge is 2.00. The van der Waals surface area contributed by atoms with Gasteiger partial charge in [0.05, 0.1) is 0 Å². The highest BCUT2D eigenvalue weighted by atomic mass is 14.5. The normalized spacial score (nSPS) is 17.6. The van der Waals surface area contributed by atoms with E-state index in [9.17, 15) is 0 Å². The molecule has 0 unspecified atom stereocenters. The first-order valence-corrected chi connectivity index (χ1v) is 4.36. The van der Waals surface area contributed by atoms with E-state index in [1.165, 1.54) is 12.0 Å². The zero-order valence-corrected chi connectivity index (χ0v) is 7.27. The lowest BCUT2D eigenvalue weighted by Crippen LogP contribution is -1.99. The molecule has 0 spiro atoms. The van der Waals surface area contributed by atoms with Crippen LogP contribution in [-0.2, 0) is 0 Å². The zero-order chi connectivity index (χ0) is 8.10. The number of hydrogen-bond acceptors (Lipinski definition) is 1. The molecule has 0 amide bonds. The van der Waals surface area contributed by atoms with Crippen molar-refractivity contribution in [1.82, 2.24) is 0 Å². The van der Waals surface area contributed by atoms with Crippen LogP contribution in [0.2, 0.25) is 0 Å². The standard InChI is InChI=1S/C10H17N/c1-9-4-6-10(7-5-9)3-2-8-11/h4,7H,2-3,5-6,8,11H2,1H3. The summed E-state index contributed by atoms with van der Waals surface area (Å²) in [5, 5.41) is 0. The predicted octanol–water partition coefficient (Wildman–Crippen LogP) is 2.39. The van der Waals surface area contributed by atoms with Gasteiger partial charge in [0.1, 0.15) is 0 Å². The van der Waals surface area contributed by atoms with Crippen LogP contribution in [0.3, 0.4) is 0 Å². The summed E-state index contributed by atoms with van der Waals surface area (Å²) in [6.45, 7) is 3.01. The van der Waals surface area contributed by atoms with E-state index < -0.39 is 0 Å². The molecule has 0 aromatic rings. The van der Waals surface area contributed by atoms with Crippen LogP contribution in [0.15, 0.2) is 23.3 Å². The summed E-state index contributed by atoms with van der Waals surface area (Å²) in [5.41, 5.74) is 8.50. The maximum Gasteiger partial charge on any atom is -0.00742 e. The summed E-state index contributed by atoms with van der Waals surface area (Å²) >= 11 is 0. The fourth-order valence-corrected chi connectivity index (χ4v) is 1.31.